The van der Waals surface area contributed by atoms with Gasteiger partial charge >= 0.3 is 0 Å². The highest BCUT2D eigenvalue weighted by Gasteiger charge is 2.02. The van der Waals surface area contributed by atoms with Gasteiger partial charge in [-0.1, -0.05) is 0 Å². The molecule has 0 aliphatic carbocycles. The minimum absolute atomic E-state index is 0.240. The van der Waals surface area contributed by atoms with E-state index in [2.05, 4.69) is 15.0 Å². The van der Waals surface area contributed by atoms with Crippen molar-refractivity contribution in [1.29, 1.82) is 5.26 Å². The molecule has 0 spiro atoms. The Bertz CT molecular complexity index is 533. The Morgan fingerprint density at radius 1 is 1.20 bits per heavy atom. The highest BCUT2D eigenvalue weighted by atomic mass is 19.1. The average molecular weight is 200 g/mol. The molecule has 5 heteroatoms. The monoisotopic (exact) mass is 200 g/mol. The van der Waals surface area contributed by atoms with Gasteiger partial charge in [0, 0.05) is 17.8 Å². The number of pyridine rings is 1. The van der Waals surface area contributed by atoms with E-state index in [4.69, 9.17) is 5.26 Å². The zero-order valence-corrected chi connectivity index (χ0v) is 7.55. The number of nitriles is 1. The lowest BCUT2D eigenvalue weighted by Gasteiger charge is -1.99. The van der Waals surface area contributed by atoms with Crippen LogP contribution >= 0.6 is 0 Å². The predicted molar refractivity (Wildman–Crippen MR) is 49.9 cm³/mol. The maximum atomic E-state index is 12.9. The molecule has 15 heavy (non-hydrogen) atoms. The van der Waals surface area contributed by atoms with Crippen molar-refractivity contribution in [3.05, 3.63) is 42.4 Å². The van der Waals surface area contributed by atoms with Crippen molar-refractivity contribution in [3.63, 3.8) is 0 Å². The topological polar surface area (TPSA) is 62.5 Å². The number of aromatic nitrogens is 3. The molecule has 0 saturated carbocycles. The maximum absolute atomic E-state index is 12.9. The smallest absolute Gasteiger partial charge is 0.144 e. The number of hydrogen-bond acceptors (Lipinski definition) is 4. The number of halogens is 1. The summed E-state index contributed by atoms with van der Waals surface area (Å²) in [6.45, 7) is 0. The second kappa shape index (κ2) is 3.80. The van der Waals surface area contributed by atoms with Crippen LogP contribution in [-0.2, 0) is 0 Å². The summed E-state index contributed by atoms with van der Waals surface area (Å²) in [5, 5.41) is 8.63. The fourth-order valence-corrected chi connectivity index (χ4v) is 1.13. The van der Waals surface area contributed by atoms with Gasteiger partial charge in [0.15, 0.2) is 0 Å². The van der Waals surface area contributed by atoms with Gasteiger partial charge in [-0.25, -0.2) is 14.4 Å². The van der Waals surface area contributed by atoms with Gasteiger partial charge in [-0.2, -0.15) is 5.26 Å². The van der Waals surface area contributed by atoms with E-state index in [1.165, 1.54) is 24.7 Å². The molecule has 0 saturated heterocycles. The molecule has 0 radical (unpaired) electrons. The first-order valence-electron chi connectivity index (χ1n) is 4.12. The molecule has 0 atom stereocenters. The third-order valence-electron chi connectivity index (χ3n) is 1.78. The Balaban J connectivity index is 2.50. The largest absolute Gasteiger partial charge is 0.261 e. The van der Waals surface area contributed by atoms with E-state index in [0.29, 0.717) is 11.3 Å². The zero-order valence-electron chi connectivity index (χ0n) is 7.55. The summed E-state index contributed by atoms with van der Waals surface area (Å²) in [6, 6.07) is 4.67. The van der Waals surface area contributed by atoms with E-state index < -0.39 is 5.82 Å². The maximum Gasteiger partial charge on any atom is 0.144 e. The predicted octanol–water partition coefficient (Wildman–Crippen LogP) is 1.55. The molecule has 4 nitrogen and oxygen atoms in total. The molecule has 0 unspecified atom stereocenters. The summed E-state index contributed by atoms with van der Waals surface area (Å²) >= 11 is 0. The van der Waals surface area contributed by atoms with Gasteiger partial charge in [0.05, 0.1) is 11.9 Å². The van der Waals surface area contributed by atoms with Crippen molar-refractivity contribution in [2.75, 3.05) is 0 Å². The minimum Gasteiger partial charge on any atom is -0.261 e. The lowest BCUT2D eigenvalue weighted by molar-refractivity contribution is 0.622. The first-order chi connectivity index (χ1) is 7.29. The number of nitrogens with zero attached hydrogens (tertiary/aromatic N) is 4. The molecule has 0 aliphatic rings. The number of rotatable bonds is 1. The molecule has 0 N–H and O–H groups in total. The molecule has 2 heterocycles. The van der Waals surface area contributed by atoms with Crippen LogP contribution in [0.5, 0.6) is 0 Å². The highest BCUT2D eigenvalue weighted by Crippen LogP contribution is 2.16. The van der Waals surface area contributed by atoms with Gasteiger partial charge in [-0.3, -0.25) is 4.98 Å². The summed E-state index contributed by atoms with van der Waals surface area (Å²) < 4.78 is 12.9. The quantitative estimate of drug-likeness (QED) is 0.700. The molecule has 0 bridgehead atoms. The number of hydrogen-bond donors (Lipinski definition) is 0. The van der Waals surface area contributed by atoms with Crippen LogP contribution in [-0.4, -0.2) is 15.0 Å². The van der Waals surface area contributed by atoms with E-state index in [1.807, 2.05) is 6.07 Å². The molecule has 72 valence electrons. The molecular formula is C10H5FN4. The molecule has 0 aliphatic heterocycles. The first-order valence-corrected chi connectivity index (χ1v) is 4.12. The molecule has 0 fully saturated rings. The van der Waals surface area contributed by atoms with Gasteiger partial charge in [0.1, 0.15) is 23.9 Å². The van der Waals surface area contributed by atoms with Crippen LogP contribution in [0.1, 0.15) is 5.69 Å². The van der Waals surface area contributed by atoms with E-state index in [-0.39, 0.29) is 5.69 Å². The molecular weight excluding hydrogens is 195 g/mol. The van der Waals surface area contributed by atoms with E-state index >= 15 is 0 Å². The third-order valence-corrected chi connectivity index (χ3v) is 1.78. The van der Waals surface area contributed by atoms with Crippen LogP contribution < -0.4 is 0 Å². The summed E-state index contributed by atoms with van der Waals surface area (Å²) in [4.78, 5) is 11.3. The Hall–Kier alpha value is -2.35. The highest BCUT2D eigenvalue weighted by molar-refractivity contribution is 5.58. The summed E-state index contributed by atoms with van der Waals surface area (Å²) in [5.41, 5.74) is 1.24. The molecule has 2 aromatic rings. The average Bonchev–Trinajstić information content (AvgIpc) is 2.29. The van der Waals surface area contributed by atoms with Crippen molar-refractivity contribution in [1.82, 2.24) is 15.0 Å². The van der Waals surface area contributed by atoms with Crippen molar-refractivity contribution in [2.24, 2.45) is 0 Å². The van der Waals surface area contributed by atoms with Gasteiger partial charge in [0.2, 0.25) is 0 Å². The van der Waals surface area contributed by atoms with E-state index in [1.54, 1.807) is 0 Å². The van der Waals surface area contributed by atoms with Gasteiger partial charge in [0.25, 0.3) is 0 Å². The van der Waals surface area contributed by atoms with Crippen molar-refractivity contribution < 1.29 is 4.39 Å². The third kappa shape index (κ3) is 1.94. The Kier molecular flexibility index (Phi) is 2.33. The fraction of sp³-hybridized carbons (Fsp3) is 0. The van der Waals surface area contributed by atoms with Crippen LogP contribution in [0.2, 0.25) is 0 Å². The van der Waals surface area contributed by atoms with Crippen molar-refractivity contribution >= 4 is 0 Å². The van der Waals surface area contributed by atoms with E-state index in [0.717, 1.165) is 6.20 Å². The Labute approximate surface area is 85.1 Å². The van der Waals surface area contributed by atoms with Crippen LogP contribution in [0.15, 0.2) is 30.9 Å². The minimum atomic E-state index is -0.440. The van der Waals surface area contributed by atoms with Crippen molar-refractivity contribution in [2.45, 2.75) is 0 Å². The molecule has 2 aromatic heterocycles. The molecule has 0 amide bonds. The zero-order chi connectivity index (χ0) is 10.7. The summed E-state index contributed by atoms with van der Waals surface area (Å²) in [5.74, 6) is -0.440. The second-order valence-corrected chi connectivity index (χ2v) is 2.79. The SMILES string of the molecule is N#Cc1cc(-c2cncc(F)c2)ncn1. The van der Waals surface area contributed by atoms with Gasteiger partial charge in [-0.05, 0) is 6.07 Å². The van der Waals surface area contributed by atoms with Crippen LogP contribution in [0.4, 0.5) is 4.39 Å². The lowest BCUT2D eigenvalue weighted by atomic mass is 10.2. The van der Waals surface area contributed by atoms with Crippen LogP contribution in [0.3, 0.4) is 0 Å². The Morgan fingerprint density at radius 2 is 2.07 bits per heavy atom. The Morgan fingerprint density at radius 3 is 2.80 bits per heavy atom. The molecule has 2 rings (SSSR count). The van der Waals surface area contributed by atoms with Crippen LogP contribution in [0, 0.1) is 17.1 Å². The fourth-order valence-electron chi connectivity index (χ4n) is 1.13. The van der Waals surface area contributed by atoms with E-state index in [9.17, 15) is 4.39 Å². The first kappa shape index (κ1) is 9.21. The molecule has 0 aromatic carbocycles. The normalized spacial score (nSPS) is 9.60. The summed E-state index contributed by atoms with van der Waals surface area (Å²) in [7, 11) is 0. The lowest BCUT2D eigenvalue weighted by Crippen LogP contribution is -1.90. The van der Waals surface area contributed by atoms with Gasteiger partial charge in [-0.15, -0.1) is 0 Å². The van der Waals surface area contributed by atoms with Crippen LogP contribution in [0.25, 0.3) is 11.3 Å². The van der Waals surface area contributed by atoms with Gasteiger partial charge < -0.3 is 0 Å². The summed E-state index contributed by atoms with van der Waals surface area (Å²) in [6.07, 6.45) is 3.85. The van der Waals surface area contributed by atoms with Crippen molar-refractivity contribution in [3.8, 4) is 17.3 Å². The standard InChI is InChI=1S/C10H5FN4/c11-8-1-7(4-13-5-8)10-2-9(3-12)14-6-15-10/h1-2,4-6H. The second-order valence-electron chi connectivity index (χ2n) is 2.79.